The van der Waals surface area contributed by atoms with Gasteiger partial charge in [-0.1, -0.05) is 54.6 Å². The number of hydrogen-bond donors (Lipinski definition) is 1. The first kappa shape index (κ1) is 12.3. The Morgan fingerprint density at radius 2 is 1.30 bits per heavy atom. The van der Waals surface area contributed by atoms with E-state index in [1.807, 2.05) is 12.1 Å². The Balaban J connectivity index is 2.32. The average molecular weight is 292 g/mol. The zero-order valence-corrected chi connectivity index (χ0v) is 12.3. The van der Waals surface area contributed by atoms with Crippen molar-refractivity contribution in [2.75, 3.05) is 5.73 Å². The predicted octanol–water partition coefficient (Wildman–Crippen LogP) is 5.19. The number of nitrogen functional groups attached to an aromatic ring is 1. The molecular weight excluding hydrogens is 280 g/mol. The summed E-state index contributed by atoms with van der Waals surface area (Å²) in [5.41, 5.74) is 7.29. The lowest BCUT2D eigenvalue weighted by atomic mass is 9.87. The highest BCUT2D eigenvalue weighted by atomic mass is 14.6. The molecule has 0 radical (unpaired) electrons. The van der Waals surface area contributed by atoms with E-state index in [4.69, 9.17) is 5.73 Å². The van der Waals surface area contributed by atoms with Crippen molar-refractivity contribution in [3.63, 3.8) is 0 Å². The van der Waals surface area contributed by atoms with E-state index in [1.54, 1.807) is 0 Å². The van der Waals surface area contributed by atoms with E-state index < -0.39 is 0 Å². The summed E-state index contributed by atoms with van der Waals surface area (Å²) in [6, 6.07) is 23.1. The molecule has 23 heavy (non-hydrogen) atoms. The third kappa shape index (κ3) is 1.41. The van der Waals surface area contributed by atoms with Crippen molar-refractivity contribution in [2.24, 2.45) is 0 Å². The topological polar surface area (TPSA) is 49.8 Å². The van der Waals surface area contributed by atoms with Crippen molar-refractivity contribution in [1.29, 1.82) is 5.26 Å². The molecule has 0 amide bonds. The predicted molar refractivity (Wildman–Crippen MR) is 96.8 cm³/mol. The maximum absolute atomic E-state index is 9.68. The fraction of sp³-hybridized carbons (Fsp3) is 0. The van der Waals surface area contributed by atoms with Crippen molar-refractivity contribution in [2.45, 2.75) is 0 Å². The van der Waals surface area contributed by atoms with E-state index in [9.17, 15) is 5.26 Å². The summed E-state index contributed by atoms with van der Waals surface area (Å²) in [7, 11) is 0. The third-order valence-corrected chi connectivity index (χ3v) is 4.77. The Hall–Kier alpha value is -3.31. The zero-order valence-electron chi connectivity index (χ0n) is 12.3. The second-order valence-electron chi connectivity index (χ2n) is 5.94. The van der Waals surface area contributed by atoms with Crippen LogP contribution >= 0.6 is 0 Å². The molecule has 0 aliphatic carbocycles. The molecule has 0 saturated carbocycles. The number of benzene rings is 5. The molecule has 0 aliphatic rings. The zero-order chi connectivity index (χ0) is 15.6. The lowest BCUT2D eigenvalue weighted by Crippen LogP contribution is -1.95. The van der Waals surface area contributed by atoms with E-state index in [1.165, 1.54) is 21.5 Å². The highest BCUT2D eigenvalue weighted by Gasteiger charge is 2.16. The van der Waals surface area contributed by atoms with E-state index in [0.717, 1.165) is 21.5 Å². The molecule has 0 aromatic heterocycles. The monoisotopic (exact) mass is 292 g/mol. The summed E-state index contributed by atoms with van der Waals surface area (Å²) in [6.07, 6.45) is 0. The number of nitrogens with zero attached hydrogens (tertiary/aromatic N) is 1. The number of rotatable bonds is 0. The minimum Gasteiger partial charge on any atom is -0.398 e. The average Bonchev–Trinajstić information content (AvgIpc) is 2.58. The molecule has 0 atom stereocenters. The van der Waals surface area contributed by atoms with Gasteiger partial charge in [-0.15, -0.1) is 0 Å². The number of hydrogen-bond acceptors (Lipinski definition) is 2. The quantitative estimate of drug-likeness (QED) is 0.242. The molecule has 0 saturated heterocycles. The van der Waals surface area contributed by atoms with Crippen molar-refractivity contribution in [1.82, 2.24) is 0 Å². The molecule has 5 aromatic carbocycles. The summed E-state index contributed by atoms with van der Waals surface area (Å²) in [4.78, 5) is 0. The molecule has 0 spiro atoms. The molecule has 106 valence electrons. The van der Waals surface area contributed by atoms with Crippen molar-refractivity contribution >= 4 is 48.8 Å². The van der Waals surface area contributed by atoms with Gasteiger partial charge in [0.25, 0.3) is 0 Å². The van der Waals surface area contributed by atoms with Gasteiger partial charge in [-0.3, -0.25) is 0 Å². The van der Waals surface area contributed by atoms with Gasteiger partial charge in [0.2, 0.25) is 0 Å². The van der Waals surface area contributed by atoms with Crippen molar-refractivity contribution < 1.29 is 0 Å². The smallest absolute Gasteiger partial charge is 0.102 e. The summed E-state index contributed by atoms with van der Waals surface area (Å²) in [5.74, 6) is 0. The van der Waals surface area contributed by atoms with Crippen LogP contribution in [0, 0.1) is 11.3 Å². The van der Waals surface area contributed by atoms with Crippen molar-refractivity contribution in [3.05, 3.63) is 66.2 Å². The number of fused-ring (bicyclic) bond motifs is 2. The van der Waals surface area contributed by atoms with Crippen LogP contribution in [-0.2, 0) is 0 Å². The summed E-state index contributed by atoms with van der Waals surface area (Å²) >= 11 is 0. The van der Waals surface area contributed by atoms with Gasteiger partial charge in [0.15, 0.2) is 0 Å². The molecule has 0 aliphatic heterocycles. The molecular formula is C21H12N2. The van der Waals surface area contributed by atoms with Gasteiger partial charge < -0.3 is 5.73 Å². The second-order valence-corrected chi connectivity index (χ2v) is 5.94. The second kappa shape index (κ2) is 4.12. The summed E-state index contributed by atoms with van der Waals surface area (Å²) in [5, 5.41) is 18.8. The van der Waals surface area contributed by atoms with Crippen LogP contribution in [0.1, 0.15) is 5.56 Å². The van der Waals surface area contributed by atoms with Gasteiger partial charge in [-0.05, 0) is 43.8 Å². The van der Waals surface area contributed by atoms with E-state index in [-0.39, 0.29) is 0 Å². The summed E-state index contributed by atoms with van der Waals surface area (Å²) < 4.78 is 0. The molecule has 2 heteroatoms. The molecule has 0 unspecified atom stereocenters. The van der Waals surface area contributed by atoms with Crippen LogP contribution in [0.3, 0.4) is 0 Å². The molecule has 0 bridgehead atoms. The first-order valence-electron chi connectivity index (χ1n) is 7.57. The minimum absolute atomic E-state index is 0.545. The number of anilines is 1. The Labute approximate surface area is 132 Å². The van der Waals surface area contributed by atoms with Gasteiger partial charge >= 0.3 is 0 Å². The van der Waals surface area contributed by atoms with Crippen LogP contribution < -0.4 is 5.73 Å². The first-order chi connectivity index (χ1) is 11.3. The van der Waals surface area contributed by atoms with Crippen LogP contribution in [-0.4, -0.2) is 0 Å². The largest absolute Gasteiger partial charge is 0.398 e. The maximum Gasteiger partial charge on any atom is 0.102 e. The van der Waals surface area contributed by atoms with E-state index in [0.29, 0.717) is 11.3 Å². The van der Waals surface area contributed by atoms with Gasteiger partial charge in [0.1, 0.15) is 6.07 Å². The highest BCUT2D eigenvalue weighted by molar-refractivity contribution is 6.34. The van der Waals surface area contributed by atoms with Crippen LogP contribution in [0.5, 0.6) is 0 Å². The minimum atomic E-state index is 0.545. The normalized spacial score (nSPS) is 11.6. The SMILES string of the molecule is N#Cc1c(N)cc2cccc3c4cccc5cccc(c1c23)c54. The fourth-order valence-electron chi connectivity index (χ4n) is 3.87. The van der Waals surface area contributed by atoms with Gasteiger partial charge in [-0.2, -0.15) is 5.26 Å². The van der Waals surface area contributed by atoms with Crippen molar-refractivity contribution in [3.8, 4) is 6.07 Å². The highest BCUT2D eigenvalue weighted by Crippen LogP contribution is 2.42. The Morgan fingerprint density at radius 3 is 2.00 bits per heavy atom. The van der Waals surface area contributed by atoms with Crippen LogP contribution in [0.2, 0.25) is 0 Å². The maximum atomic E-state index is 9.68. The Morgan fingerprint density at radius 1 is 0.696 bits per heavy atom. The molecule has 5 rings (SSSR count). The van der Waals surface area contributed by atoms with Crippen LogP contribution in [0.25, 0.3) is 43.1 Å². The molecule has 0 fully saturated rings. The first-order valence-corrected chi connectivity index (χ1v) is 7.57. The summed E-state index contributed by atoms with van der Waals surface area (Å²) in [6.45, 7) is 0. The van der Waals surface area contributed by atoms with Gasteiger partial charge in [0.05, 0.1) is 11.3 Å². The molecule has 2 N–H and O–H groups in total. The Bertz CT molecular complexity index is 1270. The standard InChI is InChI=1S/C21H12N2/c22-11-17-18(23)10-13-6-3-8-15-14-7-1-4-12-5-2-9-16(19(12)14)21(17)20(13)15/h1-10H,23H2. The van der Waals surface area contributed by atoms with E-state index >= 15 is 0 Å². The lowest BCUT2D eigenvalue weighted by molar-refractivity contribution is 1.51. The third-order valence-electron chi connectivity index (χ3n) is 4.77. The fourth-order valence-corrected chi connectivity index (χ4v) is 3.87. The van der Waals surface area contributed by atoms with Gasteiger partial charge in [-0.25, -0.2) is 0 Å². The van der Waals surface area contributed by atoms with E-state index in [2.05, 4.69) is 54.6 Å². The Kier molecular flexibility index (Phi) is 2.19. The number of nitrogens with two attached hydrogens (primary N) is 1. The lowest BCUT2D eigenvalue weighted by Gasteiger charge is -2.16. The number of nitriles is 1. The molecule has 2 nitrogen and oxygen atoms in total. The molecule has 0 heterocycles. The molecule has 5 aromatic rings. The van der Waals surface area contributed by atoms with Crippen LogP contribution in [0.4, 0.5) is 5.69 Å². The van der Waals surface area contributed by atoms with Gasteiger partial charge in [0, 0.05) is 5.39 Å². The van der Waals surface area contributed by atoms with Crippen LogP contribution in [0.15, 0.2) is 60.7 Å².